The number of benzene rings is 1. The summed E-state index contributed by atoms with van der Waals surface area (Å²) in [6.07, 6.45) is 2.25. The molecule has 0 radical (unpaired) electrons. The van der Waals surface area contributed by atoms with Gasteiger partial charge in [0.2, 0.25) is 5.91 Å². The van der Waals surface area contributed by atoms with Crippen molar-refractivity contribution in [1.82, 2.24) is 9.88 Å². The maximum Gasteiger partial charge on any atom is 0.257 e. The molecule has 0 saturated heterocycles. The minimum absolute atomic E-state index is 0.203. The highest BCUT2D eigenvalue weighted by molar-refractivity contribution is 5.77. The van der Waals surface area contributed by atoms with Gasteiger partial charge in [-0.2, -0.15) is 0 Å². The van der Waals surface area contributed by atoms with Crippen LogP contribution in [0.25, 0.3) is 5.57 Å². The largest absolute Gasteiger partial charge is 0.305 e. The molecule has 124 valence electrons. The van der Waals surface area contributed by atoms with Crippen LogP contribution in [0.2, 0.25) is 0 Å². The maximum absolute atomic E-state index is 14.0. The number of rotatable bonds is 2. The second kappa shape index (κ2) is 6.49. The molecule has 1 N–H and O–H groups in total. The molecule has 1 aliphatic heterocycles. The van der Waals surface area contributed by atoms with Crippen molar-refractivity contribution in [2.24, 2.45) is 0 Å². The summed E-state index contributed by atoms with van der Waals surface area (Å²) >= 11 is 0. The van der Waals surface area contributed by atoms with Crippen molar-refractivity contribution in [3.8, 4) is 0 Å². The van der Waals surface area contributed by atoms with E-state index in [0.717, 1.165) is 22.8 Å². The number of halogens is 2. The zero-order valence-corrected chi connectivity index (χ0v) is 13.1. The highest BCUT2D eigenvalue weighted by atomic mass is 19.1. The Morgan fingerprint density at radius 3 is 2.79 bits per heavy atom. The van der Waals surface area contributed by atoms with Crippen LogP contribution in [0.4, 0.5) is 8.78 Å². The molecule has 4 nitrogen and oxygen atoms in total. The van der Waals surface area contributed by atoms with Crippen LogP contribution >= 0.6 is 0 Å². The fourth-order valence-electron chi connectivity index (χ4n) is 2.95. The lowest BCUT2D eigenvalue weighted by Crippen LogP contribution is -2.34. The van der Waals surface area contributed by atoms with Gasteiger partial charge >= 0.3 is 0 Å². The van der Waals surface area contributed by atoms with Gasteiger partial charge in [0.05, 0.1) is 11.7 Å². The van der Waals surface area contributed by atoms with Crippen LogP contribution in [0.3, 0.4) is 0 Å². The zero-order valence-electron chi connectivity index (χ0n) is 13.1. The molecule has 0 saturated carbocycles. The Morgan fingerprint density at radius 2 is 2.04 bits per heavy atom. The van der Waals surface area contributed by atoms with E-state index in [1.54, 1.807) is 18.2 Å². The average Bonchev–Trinajstić information content (AvgIpc) is 2.56. The fourth-order valence-corrected chi connectivity index (χ4v) is 2.95. The van der Waals surface area contributed by atoms with Gasteiger partial charge in [-0.1, -0.05) is 12.1 Å². The summed E-state index contributed by atoms with van der Waals surface area (Å²) in [5.74, 6) is -1.40. The topological polar surface area (TPSA) is 51.1 Å². The molecule has 1 aliphatic rings. The summed E-state index contributed by atoms with van der Waals surface area (Å²) in [5, 5.41) is 3.19. The van der Waals surface area contributed by atoms with E-state index in [-0.39, 0.29) is 5.56 Å². The fraction of sp³-hybridized carbons (Fsp3) is 0.222. The van der Waals surface area contributed by atoms with Crippen LogP contribution in [-0.4, -0.2) is 17.0 Å². The minimum Gasteiger partial charge on any atom is -0.305 e. The lowest BCUT2D eigenvalue weighted by Gasteiger charge is -2.25. The number of nitrogens with zero attached hydrogens (tertiary/aromatic N) is 1. The molecule has 1 aromatic heterocycles. The second-order valence-electron chi connectivity index (χ2n) is 5.64. The maximum atomic E-state index is 14.0. The SMILES string of the molecule is CC(=O)n1c(C2C=C(c3cc(F)ccc3F)CCN2)cccc1=O. The summed E-state index contributed by atoms with van der Waals surface area (Å²) in [6.45, 7) is 1.83. The van der Waals surface area contributed by atoms with Crippen molar-refractivity contribution < 1.29 is 13.6 Å². The van der Waals surface area contributed by atoms with E-state index in [1.165, 1.54) is 13.0 Å². The van der Waals surface area contributed by atoms with Crippen LogP contribution in [0.15, 0.2) is 47.3 Å². The number of carbonyl (C=O) groups excluding carboxylic acids is 1. The Bertz CT molecular complexity index is 887. The van der Waals surface area contributed by atoms with Crippen LogP contribution < -0.4 is 10.9 Å². The van der Waals surface area contributed by atoms with Gasteiger partial charge in [-0.3, -0.25) is 9.59 Å². The second-order valence-corrected chi connectivity index (χ2v) is 5.64. The van der Waals surface area contributed by atoms with Gasteiger partial charge in [0.25, 0.3) is 5.56 Å². The van der Waals surface area contributed by atoms with Gasteiger partial charge in [-0.25, -0.2) is 13.3 Å². The predicted molar refractivity (Wildman–Crippen MR) is 86.7 cm³/mol. The molecular weight excluding hydrogens is 314 g/mol. The lowest BCUT2D eigenvalue weighted by atomic mass is 9.95. The molecule has 0 spiro atoms. The molecule has 0 fully saturated rings. The quantitative estimate of drug-likeness (QED) is 0.921. The van der Waals surface area contributed by atoms with Gasteiger partial charge in [0.15, 0.2) is 0 Å². The number of carbonyl (C=O) groups is 1. The minimum atomic E-state index is -0.511. The normalized spacial score (nSPS) is 17.5. The number of hydrogen-bond donors (Lipinski definition) is 1. The van der Waals surface area contributed by atoms with Crippen molar-refractivity contribution in [3.63, 3.8) is 0 Å². The summed E-state index contributed by atoms with van der Waals surface area (Å²) in [7, 11) is 0. The Kier molecular flexibility index (Phi) is 4.40. The third-order valence-electron chi connectivity index (χ3n) is 4.02. The van der Waals surface area contributed by atoms with E-state index >= 15 is 0 Å². The monoisotopic (exact) mass is 330 g/mol. The number of hydrogen-bond acceptors (Lipinski definition) is 3. The van der Waals surface area contributed by atoms with Gasteiger partial charge in [0, 0.05) is 25.1 Å². The van der Waals surface area contributed by atoms with E-state index in [4.69, 9.17) is 0 Å². The lowest BCUT2D eigenvalue weighted by molar-refractivity contribution is 0.0927. The zero-order chi connectivity index (χ0) is 17.3. The first kappa shape index (κ1) is 16.3. The third kappa shape index (κ3) is 3.05. The number of aromatic nitrogens is 1. The van der Waals surface area contributed by atoms with Crippen molar-refractivity contribution in [1.29, 1.82) is 0 Å². The van der Waals surface area contributed by atoms with Crippen LogP contribution in [0.5, 0.6) is 0 Å². The molecule has 1 atom stereocenters. The van der Waals surface area contributed by atoms with Gasteiger partial charge in [-0.15, -0.1) is 0 Å². The van der Waals surface area contributed by atoms with Gasteiger partial charge in [0.1, 0.15) is 11.6 Å². The summed E-state index contributed by atoms with van der Waals surface area (Å²) in [4.78, 5) is 23.7. The molecule has 24 heavy (non-hydrogen) atoms. The van der Waals surface area contributed by atoms with E-state index < -0.39 is 29.1 Å². The van der Waals surface area contributed by atoms with Gasteiger partial charge in [-0.05, 0) is 36.3 Å². The summed E-state index contributed by atoms with van der Waals surface area (Å²) in [5.41, 5.74) is 0.902. The van der Waals surface area contributed by atoms with Crippen molar-refractivity contribution in [3.05, 3.63) is 75.7 Å². The molecule has 0 aliphatic carbocycles. The highest BCUT2D eigenvalue weighted by Crippen LogP contribution is 2.29. The Morgan fingerprint density at radius 1 is 1.25 bits per heavy atom. The molecule has 1 aromatic carbocycles. The molecular formula is C18H16F2N2O2. The van der Waals surface area contributed by atoms with E-state index in [0.29, 0.717) is 24.2 Å². The highest BCUT2D eigenvalue weighted by Gasteiger charge is 2.21. The van der Waals surface area contributed by atoms with Gasteiger partial charge < -0.3 is 5.32 Å². The van der Waals surface area contributed by atoms with Crippen molar-refractivity contribution in [2.45, 2.75) is 19.4 Å². The summed E-state index contributed by atoms with van der Waals surface area (Å²) in [6, 6.07) is 7.44. The van der Waals surface area contributed by atoms with E-state index in [2.05, 4.69) is 5.32 Å². The number of pyridine rings is 1. The average molecular weight is 330 g/mol. The molecule has 2 heterocycles. The van der Waals surface area contributed by atoms with E-state index in [9.17, 15) is 18.4 Å². The third-order valence-corrected chi connectivity index (χ3v) is 4.02. The first-order valence-corrected chi connectivity index (χ1v) is 7.60. The summed E-state index contributed by atoms with van der Waals surface area (Å²) < 4.78 is 28.5. The van der Waals surface area contributed by atoms with Crippen LogP contribution in [-0.2, 0) is 0 Å². The standard InChI is InChI=1S/C18H16F2N2O2/c1-11(23)22-17(3-2-4-18(22)24)16-9-12(7-8-21-16)14-10-13(19)5-6-15(14)20/h2-6,9-10,16,21H,7-8H2,1H3. The Balaban J connectivity index is 2.08. The molecule has 0 amide bonds. The number of nitrogens with one attached hydrogen (secondary N) is 1. The van der Waals surface area contributed by atoms with Crippen molar-refractivity contribution >= 4 is 11.5 Å². The Hall–Kier alpha value is -2.60. The first-order valence-electron chi connectivity index (χ1n) is 7.60. The smallest absolute Gasteiger partial charge is 0.257 e. The molecule has 1 unspecified atom stereocenters. The van der Waals surface area contributed by atoms with Crippen LogP contribution in [0.1, 0.15) is 35.4 Å². The first-order chi connectivity index (χ1) is 11.5. The molecule has 2 aromatic rings. The molecule has 0 bridgehead atoms. The molecule has 3 rings (SSSR count). The molecule has 6 heteroatoms. The predicted octanol–water partition coefficient (Wildman–Crippen LogP) is 2.90. The Labute approximate surface area is 137 Å². The van der Waals surface area contributed by atoms with E-state index in [1.807, 2.05) is 0 Å². The van der Waals surface area contributed by atoms with Crippen LogP contribution in [0, 0.1) is 11.6 Å². The van der Waals surface area contributed by atoms with Crippen molar-refractivity contribution in [2.75, 3.05) is 6.54 Å².